The molecular weight excluding hydrogens is 282 g/mol. The fourth-order valence-electron chi connectivity index (χ4n) is 2.45. The highest BCUT2D eigenvalue weighted by molar-refractivity contribution is 7.08. The molecule has 1 amide bonds. The van der Waals surface area contributed by atoms with E-state index in [1.165, 1.54) is 5.56 Å². The standard InChI is InChI=1S/C17H19NO2S/c1-17(20,15-6-7-15)11-18-16(19)13-4-2-12(3-5-13)14-8-9-21-10-14/h2-5,8-10,15,20H,6-7,11H2,1H3,(H,18,19)/t17-/m1/s1. The monoisotopic (exact) mass is 301 g/mol. The number of amides is 1. The SMILES string of the molecule is C[C@@](O)(CNC(=O)c1ccc(-c2ccsc2)cc1)C1CC1. The molecule has 1 saturated carbocycles. The van der Waals surface area contributed by atoms with Crippen molar-refractivity contribution in [2.75, 3.05) is 6.54 Å². The summed E-state index contributed by atoms with van der Waals surface area (Å²) in [4.78, 5) is 12.1. The molecule has 1 aliphatic carbocycles. The van der Waals surface area contributed by atoms with E-state index in [9.17, 15) is 9.90 Å². The van der Waals surface area contributed by atoms with Gasteiger partial charge in [-0.3, -0.25) is 4.79 Å². The molecule has 2 aromatic rings. The van der Waals surface area contributed by atoms with Crippen molar-refractivity contribution < 1.29 is 9.90 Å². The Morgan fingerprint density at radius 2 is 2.00 bits per heavy atom. The molecule has 3 rings (SSSR count). The lowest BCUT2D eigenvalue weighted by molar-refractivity contribution is 0.0354. The minimum atomic E-state index is -0.785. The second-order valence-corrected chi connectivity index (χ2v) is 6.68. The van der Waals surface area contributed by atoms with Crippen molar-refractivity contribution >= 4 is 17.2 Å². The zero-order valence-electron chi connectivity index (χ0n) is 12.0. The molecule has 3 nitrogen and oxygen atoms in total. The summed E-state index contributed by atoms with van der Waals surface area (Å²) in [6.45, 7) is 2.10. The minimum Gasteiger partial charge on any atom is -0.388 e. The molecule has 4 heteroatoms. The molecule has 1 heterocycles. The Hall–Kier alpha value is -1.65. The van der Waals surface area contributed by atoms with Crippen LogP contribution in [-0.4, -0.2) is 23.2 Å². The van der Waals surface area contributed by atoms with Crippen molar-refractivity contribution in [3.8, 4) is 11.1 Å². The van der Waals surface area contributed by atoms with Crippen LogP contribution in [0.3, 0.4) is 0 Å². The summed E-state index contributed by atoms with van der Waals surface area (Å²) in [5.74, 6) is 0.201. The molecular formula is C17H19NO2S. The van der Waals surface area contributed by atoms with E-state index in [4.69, 9.17) is 0 Å². The zero-order chi connectivity index (χ0) is 14.9. The van der Waals surface area contributed by atoms with Gasteiger partial charge < -0.3 is 10.4 Å². The van der Waals surface area contributed by atoms with Crippen LogP contribution in [0.1, 0.15) is 30.1 Å². The summed E-state index contributed by atoms with van der Waals surface area (Å²) in [5.41, 5.74) is 2.12. The summed E-state index contributed by atoms with van der Waals surface area (Å²) >= 11 is 1.66. The molecule has 1 aromatic heterocycles. The number of nitrogens with one attached hydrogen (secondary N) is 1. The highest BCUT2D eigenvalue weighted by atomic mass is 32.1. The first kappa shape index (κ1) is 14.3. The number of aliphatic hydroxyl groups is 1. The summed E-state index contributed by atoms with van der Waals surface area (Å²) in [5, 5.41) is 17.2. The van der Waals surface area contributed by atoms with E-state index >= 15 is 0 Å². The Balaban J connectivity index is 1.62. The van der Waals surface area contributed by atoms with Gasteiger partial charge in [0.15, 0.2) is 0 Å². The number of carbonyl (C=O) groups excluding carboxylic acids is 1. The van der Waals surface area contributed by atoms with Crippen LogP contribution in [-0.2, 0) is 0 Å². The fraction of sp³-hybridized carbons (Fsp3) is 0.353. The molecule has 0 unspecified atom stereocenters. The van der Waals surface area contributed by atoms with Gasteiger partial charge in [-0.25, -0.2) is 0 Å². The van der Waals surface area contributed by atoms with Crippen molar-refractivity contribution in [3.05, 3.63) is 46.7 Å². The van der Waals surface area contributed by atoms with Crippen LogP contribution >= 0.6 is 11.3 Å². The van der Waals surface area contributed by atoms with Gasteiger partial charge in [-0.2, -0.15) is 11.3 Å². The van der Waals surface area contributed by atoms with E-state index in [1.807, 2.05) is 29.6 Å². The van der Waals surface area contributed by atoms with Gasteiger partial charge in [-0.15, -0.1) is 0 Å². The molecule has 0 saturated heterocycles. The van der Waals surface area contributed by atoms with Gasteiger partial charge in [0.05, 0.1) is 5.60 Å². The van der Waals surface area contributed by atoms with Crippen molar-refractivity contribution in [1.29, 1.82) is 0 Å². The van der Waals surface area contributed by atoms with Crippen LogP contribution in [0.4, 0.5) is 0 Å². The second kappa shape index (κ2) is 5.62. The van der Waals surface area contributed by atoms with E-state index in [0.717, 1.165) is 18.4 Å². The number of rotatable bonds is 5. The predicted octanol–water partition coefficient (Wildman–Crippen LogP) is 3.31. The van der Waals surface area contributed by atoms with Gasteiger partial charge in [-0.1, -0.05) is 12.1 Å². The highest BCUT2D eigenvalue weighted by Gasteiger charge is 2.39. The molecule has 1 atom stereocenters. The van der Waals surface area contributed by atoms with E-state index < -0.39 is 5.60 Å². The van der Waals surface area contributed by atoms with Crippen LogP contribution in [0.25, 0.3) is 11.1 Å². The Labute approximate surface area is 128 Å². The highest BCUT2D eigenvalue weighted by Crippen LogP contribution is 2.39. The smallest absolute Gasteiger partial charge is 0.251 e. The lowest BCUT2D eigenvalue weighted by Gasteiger charge is -2.23. The number of hydrogen-bond donors (Lipinski definition) is 2. The molecule has 110 valence electrons. The molecule has 1 aromatic carbocycles. The lowest BCUT2D eigenvalue weighted by Crippen LogP contribution is -2.42. The Kier molecular flexibility index (Phi) is 3.83. The first-order valence-corrected chi connectivity index (χ1v) is 8.14. The van der Waals surface area contributed by atoms with Crippen LogP contribution in [0, 0.1) is 5.92 Å². The van der Waals surface area contributed by atoms with Crippen molar-refractivity contribution in [1.82, 2.24) is 5.32 Å². The van der Waals surface area contributed by atoms with E-state index in [2.05, 4.69) is 16.8 Å². The van der Waals surface area contributed by atoms with Crippen LogP contribution in [0.15, 0.2) is 41.1 Å². The van der Waals surface area contributed by atoms with Crippen molar-refractivity contribution in [2.24, 2.45) is 5.92 Å². The molecule has 0 radical (unpaired) electrons. The average Bonchev–Trinajstić information content (AvgIpc) is 3.22. The molecule has 21 heavy (non-hydrogen) atoms. The fourth-order valence-corrected chi connectivity index (χ4v) is 3.12. The van der Waals surface area contributed by atoms with Gasteiger partial charge in [0, 0.05) is 12.1 Å². The van der Waals surface area contributed by atoms with E-state index in [0.29, 0.717) is 18.0 Å². The second-order valence-electron chi connectivity index (χ2n) is 5.90. The molecule has 1 aliphatic rings. The third kappa shape index (κ3) is 3.34. The number of thiophene rings is 1. The summed E-state index contributed by atoms with van der Waals surface area (Å²) in [6, 6.07) is 9.63. The Morgan fingerprint density at radius 3 is 2.57 bits per heavy atom. The molecule has 0 bridgehead atoms. The maximum absolute atomic E-state index is 12.1. The zero-order valence-corrected chi connectivity index (χ0v) is 12.8. The quantitative estimate of drug-likeness (QED) is 0.890. The normalized spacial score (nSPS) is 17.2. The Bertz CT molecular complexity index is 613. The van der Waals surface area contributed by atoms with Crippen molar-refractivity contribution in [3.63, 3.8) is 0 Å². The largest absolute Gasteiger partial charge is 0.388 e. The lowest BCUT2D eigenvalue weighted by atomic mass is 10.0. The van der Waals surface area contributed by atoms with Gasteiger partial charge in [0.1, 0.15) is 0 Å². The number of hydrogen-bond acceptors (Lipinski definition) is 3. The molecule has 2 N–H and O–H groups in total. The van der Waals surface area contributed by atoms with Gasteiger partial charge in [0.2, 0.25) is 0 Å². The van der Waals surface area contributed by atoms with Gasteiger partial charge >= 0.3 is 0 Å². The molecule has 0 spiro atoms. The van der Waals surface area contributed by atoms with Crippen LogP contribution in [0.5, 0.6) is 0 Å². The topological polar surface area (TPSA) is 49.3 Å². The maximum Gasteiger partial charge on any atom is 0.251 e. The third-order valence-corrected chi connectivity index (χ3v) is 4.75. The van der Waals surface area contributed by atoms with E-state index in [-0.39, 0.29) is 5.91 Å². The summed E-state index contributed by atoms with van der Waals surface area (Å²) < 4.78 is 0. The number of benzene rings is 1. The van der Waals surface area contributed by atoms with Crippen LogP contribution in [0.2, 0.25) is 0 Å². The maximum atomic E-state index is 12.1. The third-order valence-electron chi connectivity index (χ3n) is 4.07. The molecule has 0 aliphatic heterocycles. The molecule has 1 fully saturated rings. The Morgan fingerprint density at radius 1 is 1.29 bits per heavy atom. The number of carbonyl (C=O) groups is 1. The van der Waals surface area contributed by atoms with E-state index in [1.54, 1.807) is 18.3 Å². The first-order valence-electron chi connectivity index (χ1n) is 7.19. The first-order chi connectivity index (χ1) is 10.1. The van der Waals surface area contributed by atoms with Crippen LogP contribution < -0.4 is 5.32 Å². The van der Waals surface area contributed by atoms with Gasteiger partial charge in [0.25, 0.3) is 5.91 Å². The minimum absolute atomic E-state index is 0.132. The average molecular weight is 301 g/mol. The predicted molar refractivity (Wildman–Crippen MR) is 85.4 cm³/mol. The van der Waals surface area contributed by atoms with Crippen molar-refractivity contribution in [2.45, 2.75) is 25.4 Å². The summed E-state index contributed by atoms with van der Waals surface area (Å²) in [7, 11) is 0. The summed E-state index contributed by atoms with van der Waals surface area (Å²) in [6.07, 6.45) is 2.11. The van der Waals surface area contributed by atoms with Gasteiger partial charge in [-0.05, 0) is 65.8 Å².